The fourth-order valence-electron chi connectivity index (χ4n) is 1.38. The molecule has 0 bridgehead atoms. The minimum atomic E-state index is -0.540. The molecule has 0 amide bonds. The Morgan fingerprint density at radius 2 is 1.37 bits per heavy atom. The fourth-order valence-corrected chi connectivity index (χ4v) is 1.56. The molecule has 0 saturated heterocycles. The van der Waals surface area contributed by atoms with Crippen LogP contribution in [0.25, 0.3) is 0 Å². The second-order valence-corrected chi connectivity index (χ2v) is 4.53. The van der Waals surface area contributed by atoms with Crippen molar-refractivity contribution in [1.82, 2.24) is 0 Å². The van der Waals surface area contributed by atoms with E-state index in [0.717, 1.165) is 0 Å². The summed E-state index contributed by atoms with van der Waals surface area (Å²) in [5.41, 5.74) is 0. The summed E-state index contributed by atoms with van der Waals surface area (Å²) >= 11 is 11.0. The maximum atomic E-state index is 10.6. The van der Waals surface area contributed by atoms with Crippen molar-refractivity contribution in [3.05, 3.63) is 53.6 Å². The van der Waals surface area contributed by atoms with Crippen LogP contribution in [0.2, 0.25) is 5.02 Å². The molecule has 0 heterocycles. The Hall–Kier alpha value is -1.71. The van der Waals surface area contributed by atoms with Crippen LogP contribution in [0.5, 0.6) is 17.2 Å². The van der Waals surface area contributed by atoms with Crippen molar-refractivity contribution in [3.8, 4) is 17.2 Å². The standard InChI is InChI=1S/C14H10Cl2O3/c15-10-1-3-12(4-2-10)19-13-7-5-11(6-8-13)18-9-14(16)17/h1-8H,9H2. The van der Waals surface area contributed by atoms with Gasteiger partial charge in [0.05, 0.1) is 0 Å². The van der Waals surface area contributed by atoms with Gasteiger partial charge in [0.2, 0.25) is 0 Å². The number of carbonyl (C=O) groups is 1. The van der Waals surface area contributed by atoms with E-state index in [4.69, 9.17) is 32.7 Å². The Morgan fingerprint density at radius 3 is 1.89 bits per heavy atom. The number of halogens is 2. The first kappa shape index (κ1) is 13.7. The lowest BCUT2D eigenvalue weighted by atomic mass is 10.3. The first-order valence-electron chi connectivity index (χ1n) is 5.48. The third kappa shape index (κ3) is 4.47. The summed E-state index contributed by atoms with van der Waals surface area (Å²) in [7, 11) is 0. The van der Waals surface area contributed by atoms with Crippen molar-refractivity contribution >= 4 is 28.4 Å². The van der Waals surface area contributed by atoms with Crippen molar-refractivity contribution in [2.75, 3.05) is 6.61 Å². The summed E-state index contributed by atoms with van der Waals surface area (Å²) in [5, 5.41) is 0.114. The van der Waals surface area contributed by atoms with Gasteiger partial charge in [-0.15, -0.1) is 0 Å². The van der Waals surface area contributed by atoms with Gasteiger partial charge in [0.15, 0.2) is 6.61 Å². The quantitative estimate of drug-likeness (QED) is 0.773. The zero-order chi connectivity index (χ0) is 13.7. The van der Waals surface area contributed by atoms with Gasteiger partial charge in [-0.1, -0.05) is 11.6 Å². The second kappa shape index (κ2) is 6.45. The largest absolute Gasteiger partial charge is 0.484 e. The van der Waals surface area contributed by atoms with Crippen molar-refractivity contribution in [2.45, 2.75) is 0 Å². The summed E-state index contributed by atoms with van der Waals surface area (Å²) in [6.45, 7) is -0.154. The molecule has 0 saturated carbocycles. The molecular weight excluding hydrogens is 287 g/mol. The predicted octanol–water partition coefficient (Wildman–Crippen LogP) is 4.28. The molecule has 0 fully saturated rings. The molecule has 19 heavy (non-hydrogen) atoms. The Labute approximate surface area is 120 Å². The van der Waals surface area contributed by atoms with Crippen molar-refractivity contribution < 1.29 is 14.3 Å². The lowest BCUT2D eigenvalue weighted by molar-refractivity contribution is -0.113. The van der Waals surface area contributed by atoms with E-state index in [1.54, 1.807) is 48.5 Å². The van der Waals surface area contributed by atoms with Crippen LogP contribution in [0, 0.1) is 0 Å². The van der Waals surface area contributed by atoms with Crippen LogP contribution >= 0.6 is 23.2 Å². The topological polar surface area (TPSA) is 35.5 Å². The Bertz CT molecular complexity index is 550. The zero-order valence-corrected chi connectivity index (χ0v) is 11.3. The van der Waals surface area contributed by atoms with Gasteiger partial charge in [0.1, 0.15) is 17.2 Å². The molecule has 0 aliphatic rings. The molecule has 2 rings (SSSR count). The van der Waals surface area contributed by atoms with Gasteiger partial charge in [0.25, 0.3) is 5.24 Å². The number of hydrogen-bond donors (Lipinski definition) is 0. The van der Waals surface area contributed by atoms with E-state index in [1.165, 1.54) is 0 Å². The highest BCUT2D eigenvalue weighted by atomic mass is 35.5. The molecule has 0 radical (unpaired) electrons. The van der Waals surface area contributed by atoms with Gasteiger partial charge >= 0.3 is 0 Å². The average Bonchev–Trinajstić information content (AvgIpc) is 2.40. The van der Waals surface area contributed by atoms with E-state index in [-0.39, 0.29) is 6.61 Å². The lowest BCUT2D eigenvalue weighted by Gasteiger charge is -2.07. The third-order valence-electron chi connectivity index (χ3n) is 2.23. The first-order valence-corrected chi connectivity index (χ1v) is 6.24. The zero-order valence-electron chi connectivity index (χ0n) is 9.81. The van der Waals surface area contributed by atoms with E-state index in [0.29, 0.717) is 22.3 Å². The van der Waals surface area contributed by atoms with Gasteiger partial charge < -0.3 is 9.47 Å². The highest BCUT2D eigenvalue weighted by Gasteiger charge is 2.01. The summed E-state index contributed by atoms with van der Waals surface area (Å²) in [6, 6.07) is 13.9. The summed E-state index contributed by atoms with van der Waals surface area (Å²) in [6.07, 6.45) is 0. The van der Waals surface area contributed by atoms with Gasteiger partial charge in [-0.3, -0.25) is 4.79 Å². The molecule has 0 atom stereocenters. The van der Waals surface area contributed by atoms with Crippen molar-refractivity contribution in [1.29, 1.82) is 0 Å². The van der Waals surface area contributed by atoms with Gasteiger partial charge in [-0.2, -0.15) is 0 Å². The maximum absolute atomic E-state index is 10.6. The Kier molecular flexibility index (Phi) is 4.66. The lowest BCUT2D eigenvalue weighted by Crippen LogP contribution is -2.03. The summed E-state index contributed by atoms with van der Waals surface area (Å²) in [5.74, 6) is 1.90. The SMILES string of the molecule is O=C(Cl)COc1ccc(Oc2ccc(Cl)cc2)cc1. The third-order valence-corrected chi connectivity index (χ3v) is 2.59. The van der Waals surface area contributed by atoms with Crippen LogP contribution in [-0.4, -0.2) is 11.8 Å². The molecule has 5 heteroatoms. The van der Waals surface area contributed by atoms with Crippen LogP contribution in [0.1, 0.15) is 0 Å². The molecule has 2 aromatic carbocycles. The van der Waals surface area contributed by atoms with E-state index < -0.39 is 5.24 Å². The smallest absolute Gasteiger partial charge is 0.259 e. The molecule has 3 nitrogen and oxygen atoms in total. The molecule has 2 aromatic rings. The average molecular weight is 297 g/mol. The number of carbonyl (C=O) groups excluding carboxylic acids is 1. The summed E-state index contributed by atoms with van der Waals surface area (Å²) in [4.78, 5) is 10.6. The maximum Gasteiger partial charge on any atom is 0.259 e. The van der Waals surface area contributed by atoms with E-state index >= 15 is 0 Å². The van der Waals surface area contributed by atoms with Crippen LogP contribution in [-0.2, 0) is 4.79 Å². The highest BCUT2D eigenvalue weighted by molar-refractivity contribution is 6.63. The Balaban J connectivity index is 1.98. The van der Waals surface area contributed by atoms with Gasteiger partial charge in [0, 0.05) is 5.02 Å². The summed E-state index contributed by atoms with van der Waals surface area (Å²) < 4.78 is 10.7. The van der Waals surface area contributed by atoms with Crippen molar-refractivity contribution in [2.24, 2.45) is 0 Å². The van der Waals surface area contributed by atoms with Crippen LogP contribution in [0.15, 0.2) is 48.5 Å². The van der Waals surface area contributed by atoms with Crippen LogP contribution in [0.4, 0.5) is 0 Å². The van der Waals surface area contributed by atoms with Crippen LogP contribution in [0.3, 0.4) is 0 Å². The monoisotopic (exact) mass is 296 g/mol. The number of rotatable bonds is 5. The van der Waals surface area contributed by atoms with Gasteiger partial charge in [-0.25, -0.2) is 0 Å². The molecule has 98 valence electrons. The van der Waals surface area contributed by atoms with E-state index in [2.05, 4.69) is 0 Å². The minimum Gasteiger partial charge on any atom is -0.484 e. The minimum absolute atomic E-state index is 0.154. The molecule has 0 aliphatic carbocycles. The molecular formula is C14H10Cl2O3. The van der Waals surface area contributed by atoms with Crippen molar-refractivity contribution in [3.63, 3.8) is 0 Å². The fraction of sp³-hybridized carbons (Fsp3) is 0.0714. The molecule has 0 aromatic heterocycles. The van der Waals surface area contributed by atoms with E-state index in [1.807, 2.05) is 0 Å². The Morgan fingerprint density at radius 1 is 0.895 bits per heavy atom. The number of hydrogen-bond acceptors (Lipinski definition) is 3. The highest BCUT2D eigenvalue weighted by Crippen LogP contribution is 2.24. The normalized spacial score (nSPS) is 10.0. The van der Waals surface area contributed by atoms with Crippen LogP contribution < -0.4 is 9.47 Å². The first-order chi connectivity index (χ1) is 9.13. The number of ether oxygens (including phenoxy) is 2. The molecule has 0 aliphatic heterocycles. The van der Waals surface area contributed by atoms with Gasteiger partial charge in [-0.05, 0) is 60.1 Å². The second-order valence-electron chi connectivity index (χ2n) is 3.67. The molecule has 0 spiro atoms. The number of benzene rings is 2. The molecule has 0 unspecified atom stereocenters. The molecule has 0 N–H and O–H groups in total. The predicted molar refractivity (Wildman–Crippen MR) is 74.3 cm³/mol. The van der Waals surface area contributed by atoms with E-state index in [9.17, 15) is 4.79 Å².